The molecular weight excluding hydrogens is 334 g/mol. The quantitative estimate of drug-likeness (QED) is 0.893. The highest BCUT2D eigenvalue weighted by atomic mass is 32.2. The average molecular weight is 351 g/mol. The van der Waals surface area contributed by atoms with E-state index in [1.165, 1.54) is 4.88 Å². The molecule has 1 N–H and O–H groups in total. The molecule has 2 aliphatic rings. The Bertz CT molecular complexity index is 729. The number of aryl methyl sites for hydroxylation is 2. The normalized spacial score (nSPS) is 27.2. The molecule has 4 rings (SSSR count). The van der Waals surface area contributed by atoms with E-state index in [1.54, 1.807) is 34.9 Å². The molecule has 1 fully saturated rings. The number of thiophene rings is 1. The van der Waals surface area contributed by atoms with Crippen LogP contribution in [0.3, 0.4) is 0 Å². The maximum Gasteiger partial charge on any atom is 0.249 e. The van der Waals surface area contributed by atoms with Gasteiger partial charge in [-0.15, -0.1) is 23.1 Å². The summed E-state index contributed by atoms with van der Waals surface area (Å²) in [6.07, 6.45) is 0.920. The van der Waals surface area contributed by atoms with Crippen LogP contribution in [0.5, 0.6) is 0 Å². The zero-order valence-electron chi connectivity index (χ0n) is 12.6. The van der Waals surface area contributed by atoms with Crippen LogP contribution in [0.15, 0.2) is 16.0 Å². The molecule has 1 amide bonds. The van der Waals surface area contributed by atoms with Gasteiger partial charge >= 0.3 is 0 Å². The van der Waals surface area contributed by atoms with Crippen LogP contribution in [0.4, 0.5) is 0 Å². The molecule has 4 heterocycles. The largest absolute Gasteiger partial charge is 0.391 e. The fourth-order valence-electron chi connectivity index (χ4n) is 3.24. The molecule has 0 saturated carbocycles. The van der Waals surface area contributed by atoms with E-state index in [2.05, 4.69) is 15.5 Å². The highest BCUT2D eigenvalue weighted by Crippen LogP contribution is 2.43. The lowest BCUT2D eigenvalue weighted by Crippen LogP contribution is -2.36. The van der Waals surface area contributed by atoms with Gasteiger partial charge in [-0.3, -0.25) is 4.79 Å². The number of rotatable bonds is 2. The van der Waals surface area contributed by atoms with E-state index in [0.717, 1.165) is 17.7 Å². The monoisotopic (exact) mass is 351 g/mol. The first-order valence-electron chi connectivity index (χ1n) is 7.60. The van der Waals surface area contributed by atoms with Crippen LogP contribution in [0, 0.1) is 6.92 Å². The van der Waals surface area contributed by atoms with Gasteiger partial charge in [-0.2, -0.15) is 4.98 Å². The minimum absolute atomic E-state index is 0.0340. The predicted molar refractivity (Wildman–Crippen MR) is 87.3 cm³/mol. The number of aromatic nitrogens is 2. The van der Waals surface area contributed by atoms with E-state index in [9.17, 15) is 9.90 Å². The van der Waals surface area contributed by atoms with Crippen molar-refractivity contribution in [3.05, 3.63) is 33.6 Å². The van der Waals surface area contributed by atoms with Crippen molar-refractivity contribution in [1.29, 1.82) is 0 Å². The van der Waals surface area contributed by atoms with Crippen LogP contribution >= 0.6 is 23.1 Å². The fourth-order valence-corrected chi connectivity index (χ4v) is 5.60. The van der Waals surface area contributed by atoms with E-state index in [0.29, 0.717) is 24.7 Å². The minimum Gasteiger partial charge on any atom is -0.391 e. The van der Waals surface area contributed by atoms with Gasteiger partial charge in [0.05, 0.1) is 6.10 Å². The molecule has 0 radical (unpaired) electrons. The molecule has 0 bridgehead atoms. The van der Waals surface area contributed by atoms with Crippen LogP contribution in [-0.4, -0.2) is 44.5 Å². The number of β-amino-alcohol motifs (C(OH)–C–C–N with tert-alkyl or cyclic N) is 1. The summed E-state index contributed by atoms with van der Waals surface area (Å²) in [6, 6.07) is 1.72. The predicted octanol–water partition coefficient (Wildman–Crippen LogP) is 2.10. The molecule has 8 heteroatoms. The molecule has 122 valence electrons. The number of carbonyl (C=O) groups is 1. The lowest BCUT2D eigenvalue weighted by Gasteiger charge is -2.28. The highest BCUT2D eigenvalue weighted by Gasteiger charge is 2.42. The Morgan fingerprint density at radius 2 is 2.39 bits per heavy atom. The summed E-state index contributed by atoms with van der Waals surface area (Å²) >= 11 is 3.39. The summed E-state index contributed by atoms with van der Waals surface area (Å²) in [5.41, 5.74) is 1.12. The highest BCUT2D eigenvalue weighted by molar-refractivity contribution is 8.00. The van der Waals surface area contributed by atoms with Crippen LogP contribution in [0.2, 0.25) is 0 Å². The van der Waals surface area contributed by atoms with Gasteiger partial charge in [0.1, 0.15) is 11.3 Å². The number of thioether (sulfide) groups is 1. The van der Waals surface area contributed by atoms with E-state index >= 15 is 0 Å². The van der Waals surface area contributed by atoms with Crippen molar-refractivity contribution in [3.63, 3.8) is 0 Å². The first kappa shape index (κ1) is 15.2. The van der Waals surface area contributed by atoms with Crippen molar-refractivity contribution in [2.24, 2.45) is 0 Å². The van der Waals surface area contributed by atoms with Gasteiger partial charge in [0.2, 0.25) is 11.8 Å². The Kier molecular flexibility index (Phi) is 3.90. The van der Waals surface area contributed by atoms with Crippen molar-refractivity contribution in [2.75, 3.05) is 12.3 Å². The third-order valence-electron chi connectivity index (χ3n) is 4.29. The first-order valence-corrected chi connectivity index (χ1v) is 9.53. The molecule has 2 aliphatic heterocycles. The third kappa shape index (κ3) is 2.68. The number of amides is 1. The zero-order chi connectivity index (χ0) is 16.0. The lowest BCUT2D eigenvalue weighted by molar-refractivity contribution is -0.132. The van der Waals surface area contributed by atoms with Crippen LogP contribution < -0.4 is 0 Å². The Labute approximate surface area is 141 Å². The molecule has 6 nitrogen and oxygen atoms in total. The maximum absolute atomic E-state index is 13.1. The summed E-state index contributed by atoms with van der Waals surface area (Å²) in [4.78, 5) is 20.4. The van der Waals surface area contributed by atoms with Crippen molar-refractivity contribution in [2.45, 2.75) is 37.2 Å². The smallest absolute Gasteiger partial charge is 0.249 e. The molecule has 0 aromatic carbocycles. The Hall–Kier alpha value is -1.38. The van der Waals surface area contributed by atoms with Crippen LogP contribution in [0.25, 0.3) is 0 Å². The van der Waals surface area contributed by atoms with Gasteiger partial charge in [0.15, 0.2) is 5.82 Å². The van der Waals surface area contributed by atoms with Gasteiger partial charge in [-0.1, -0.05) is 5.16 Å². The van der Waals surface area contributed by atoms with Gasteiger partial charge in [0, 0.05) is 17.8 Å². The van der Waals surface area contributed by atoms with Crippen LogP contribution in [-0.2, 0) is 11.2 Å². The number of carbonyl (C=O) groups excluding carboxylic acids is 1. The third-order valence-corrected chi connectivity index (χ3v) is 6.52. The number of aliphatic hydroxyl groups is 1. The molecule has 3 atom stereocenters. The molecular formula is C15H17N3O3S2. The standard InChI is InChI=1S/C15H17N3O3S2/c1-8-16-14(21-17-8)11-6-9(19)7-18(11)15(20)13-10-2-4-22-12(10)3-5-23-13/h2,4,9,11,13,19H,3,5-7H2,1H3/t9-,11+,13-/m0/s1. The summed E-state index contributed by atoms with van der Waals surface area (Å²) < 4.78 is 5.25. The van der Waals surface area contributed by atoms with Gasteiger partial charge in [-0.25, -0.2) is 0 Å². The first-order chi connectivity index (χ1) is 11.1. The average Bonchev–Trinajstić information content (AvgIpc) is 3.24. The van der Waals surface area contributed by atoms with E-state index < -0.39 is 6.10 Å². The SMILES string of the molecule is Cc1noc([C@H]2C[C@H](O)CN2C(=O)[C@H]2SCCc3sccc32)n1. The second-order valence-electron chi connectivity index (χ2n) is 5.88. The molecule has 0 aliphatic carbocycles. The number of fused-ring (bicyclic) bond motifs is 1. The topological polar surface area (TPSA) is 79.5 Å². The number of hydrogen-bond acceptors (Lipinski definition) is 7. The lowest BCUT2D eigenvalue weighted by atomic mass is 10.1. The Morgan fingerprint density at radius 3 is 3.17 bits per heavy atom. The number of likely N-dealkylation sites (tertiary alicyclic amines) is 1. The maximum atomic E-state index is 13.1. The van der Waals surface area contributed by atoms with E-state index in [1.807, 2.05) is 6.07 Å². The van der Waals surface area contributed by atoms with Crippen molar-refractivity contribution in [1.82, 2.24) is 15.0 Å². The molecule has 0 unspecified atom stereocenters. The number of nitrogens with zero attached hydrogens (tertiary/aromatic N) is 3. The molecule has 1 saturated heterocycles. The van der Waals surface area contributed by atoms with E-state index in [4.69, 9.17) is 4.52 Å². The second-order valence-corrected chi connectivity index (χ2v) is 8.09. The molecule has 2 aromatic rings. The summed E-state index contributed by atoms with van der Waals surface area (Å²) in [5, 5.41) is 15.7. The molecule has 23 heavy (non-hydrogen) atoms. The van der Waals surface area contributed by atoms with Crippen molar-refractivity contribution >= 4 is 29.0 Å². The van der Waals surface area contributed by atoms with Crippen molar-refractivity contribution in [3.8, 4) is 0 Å². The minimum atomic E-state index is -0.549. The van der Waals surface area contributed by atoms with E-state index in [-0.39, 0.29) is 17.2 Å². The van der Waals surface area contributed by atoms with Crippen molar-refractivity contribution < 1.29 is 14.4 Å². The fraction of sp³-hybridized carbons (Fsp3) is 0.533. The summed E-state index contributed by atoms with van der Waals surface area (Å²) in [5.74, 6) is 1.94. The van der Waals surface area contributed by atoms with Gasteiger partial charge < -0.3 is 14.5 Å². The summed E-state index contributed by atoms with van der Waals surface area (Å²) in [6.45, 7) is 2.07. The Balaban J connectivity index is 1.62. The van der Waals surface area contributed by atoms with Gasteiger partial charge in [-0.05, 0) is 36.1 Å². The molecule has 0 spiro atoms. The summed E-state index contributed by atoms with van der Waals surface area (Å²) in [7, 11) is 0. The molecule has 2 aromatic heterocycles. The van der Waals surface area contributed by atoms with Gasteiger partial charge in [0.25, 0.3) is 0 Å². The van der Waals surface area contributed by atoms with Crippen LogP contribution in [0.1, 0.15) is 39.9 Å². The second kappa shape index (κ2) is 5.92. The Morgan fingerprint density at radius 1 is 1.52 bits per heavy atom. The number of hydrogen-bond donors (Lipinski definition) is 1. The zero-order valence-corrected chi connectivity index (χ0v) is 14.3. The number of aliphatic hydroxyl groups excluding tert-OH is 1.